The Labute approximate surface area is 655 Å². The molecular formula is C108H66N4O2. The molecule has 0 amide bonds. The maximum Gasteiger partial charge on any atom is 0.135 e. The van der Waals surface area contributed by atoms with Gasteiger partial charge in [-0.2, -0.15) is 0 Å². The van der Waals surface area contributed by atoms with Gasteiger partial charge in [-0.3, -0.25) is 0 Å². The lowest BCUT2D eigenvalue weighted by Crippen LogP contribution is -2.00. The highest BCUT2D eigenvalue weighted by molar-refractivity contribution is 6.25. The third kappa shape index (κ3) is 9.68. The molecule has 24 rings (SSSR count). The van der Waals surface area contributed by atoms with E-state index in [-0.39, 0.29) is 0 Å². The SMILES string of the molecule is c1ccc(-c2ccc3c(c2)c2cccc(-c4c(-c5ccc6oc7ccccc7c6c5)ccc5c6ccccc6n(-c6cccc(-c7cccc(-c8ccc9oc%10ccc(-c%11ccc%12c%13ccccc%13n(-c%13ccccc%13)c%12c%11-c%11cccc%12c%13ccccc%13n(-c%13ccccc%13)c%11%12)cc%10c9c8)c7)c6)c45)c2n3-c2ccccc2)cc1. The Morgan fingerprint density at radius 1 is 0.149 bits per heavy atom. The zero-order chi connectivity index (χ0) is 74.6. The van der Waals surface area contributed by atoms with E-state index in [0.29, 0.717) is 0 Å². The van der Waals surface area contributed by atoms with Gasteiger partial charge in [-0.1, -0.05) is 273 Å². The molecule has 6 heteroatoms. The van der Waals surface area contributed by atoms with Crippen molar-refractivity contribution in [3.63, 3.8) is 0 Å². The number of hydrogen-bond acceptors (Lipinski definition) is 2. The number of furan rings is 2. The van der Waals surface area contributed by atoms with Crippen molar-refractivity contribution in [3.8, 4) is 101 Å². The Kier molecular flexibility index (Phi) is 14.0. The average molecular weight is 1450 g/mol. The molecule has 6 nitrogen and oxygen atoms in total. The fourth-order valence-corrected chi connectivity index (χ4v) is 19.0. The first-order chi connectivity index (χ1) is 56.6. The lowest BCUT2D eigenvalue weighted by Gasteiger charge is -2.19. The second-order valence-electron chi connectivity index (χ2n) is 30.1. The summed E-state index contributed by atoms with van der Waals surface area (Å²) < 4.78 is 23.4. The fraction of sp³-hybridized carbons (Fsp3) is 0. The molecule has 0 spiro atoms. The highest BCUT2D eigenvalue weighted by Gasteiger charge is 2.29. The maximum absolute atomic E-state index is 6.86. The predicted octanol–water partition coefficient (Wildman–Crippen LogP) is 29.5. The van der Waals surface area contributed by atoms with Crippen molar-refractivity contribution in [2.24, 2.45) is 0 Å². The van der Waals surface area contributed by atoms with E-state index in [1.807, 2.05) is 6.07 Å². The molecule has 530 valence electrons. The molecule has 0 saturated carbocycles. The summed E-state index contributed by atoms with van der Waals surface area (Å²) in [6, 6.07) is 147. The van der Waals surface area contributed by atoms with Gasteiger partial charge in [0.25, 0.3) is 0 Å². The second-order valence-corrected chi connectivity index (χ2v) is 30.1. The highest BCUT2D eigenvalue weighted by atomic mass is 16.3. The Bertz CT molecular complexity index is 8090. The smallest absolute Gasteiger partial charge is 0.135 e. The standard InChI is InChI=1S/C108H66N4O2/c1-5-25-67(26-6-1)71-49-57-98-91(63-71)86-42-24-44-90(106(86)110(98)76-32-9-3-10-33-76)104-79(73-51-59-100-92(65-73)84-40-16-20-48-99(84)113-100)54-56-88-83-39-15-19-47-97(83)112(108(88)104)78-36-22-29-70(62-78)68-27-21-28-69(61-68)72-50-58-101-93(64-72)94-66-74(52-60-102(94)114-101)80-53-55-87-82-38-14-18-46-96(82)111(77-34-11-4-12-35-77)107(87)103(80)89-43-23-41-85-81-37-13-17-45-95(81)109(105(85)89)75-30-7-2-8-31-75/h1-66H. The average Bonchev–Trinajstić information content (AvgIpc) is 1.55. The summed E-state index contributed by atoms with van der Waals surface area (Å²) >= 11 is 0. The van der Waals surface area contributed by atoms with Crippen molar-refractivity contribution in [2.45, 2.75) is 0 Å². The van der Waals surface area contributed by atoms with Crippen LogP contribution in [0.3, 0.4) is 0 Å². The minimum Gasteiger partial charge on any atom is -0.456 e. The Morgan fingerprint density at radius 3 is 0.991 bits per heavy atom. The lowest BCUT2D eigenvalue weighted by molar-refractivity contribution is 0.668. The minimum absolute atomic E-state index is 0.837. The van der Waals surface area contributed by atoms with Crippen LogP contribution in [-0.4, -0.2) is 18.3 Å². The van der Waals surface area contributed by atoms with Crippen LogP contribution in [0.2, 0.25) is 0 Å². The molecule has 18 aromatic carbocycles. The number of nitrogens with zero attached hydrogens (tertiary/aromatic N) is 4. The quantitative estimate of drug-likeness (QED) is 0.130. The third-order valence-corrected chi connectivity index (χ3v) is 23.9. The van der Waals surface area contributed by atoms with Gasteiger partial charge in [0.05, 0.1) is 44.1 Å². The molecule has 0 bridgehead atoms. The molecule has 0 N–H and O–H groups in total. The molecule has 0 aliphatic heterocycles. The summed E-state index contributed by atoms with van der Waals surface area (Å²) in [5.41, 5.74) is 32.8. The van der Waals surface area contributed by atoms with Gasteiger partial charge in [-0.25, -0.2) is 0 Å². The summed E-state index contributed by atoms with van der Waals surface area (Å²) in [6.07, 6.45) is 0. The van der Waals surface area contributed by atoms with Crippen molar-refractivity contribution in [1.82, 2.24) is 18.3 Å². The van der Waals surface area contributed by atoms with Crippen LogP contribution in [0.15, 0.2) is 409 Å². The summed E-state index contributed by atoms with van der Waals surface area (Å²) in [5, 5.41) is 13.8. The van der Waals surface area contributed by atoms with Crippen LogP contribution in [0.25, 0.3) is 232 Å². The molecule has 0 unspecified atom stereocenters. The number of aromatic nitrogens is 4. The summed E-state index contributed by atoms with van der Waals surface area (Å²) in [4.78, 5) is 0. The van der Waals surface area contributed by atoms with E-state index >= 15 is 0 Å². The van der Waals surface area contributed by atoms with E-state index in [1.165, 1.54) is 54.2 Å². The van der Waals surface area contributed by atoms with E-state index < -0.39 is 0 Å². The molecule has 0 saturated heterocycles. The summed E-state index contributed by atoms with van der Waals surface area (Å²) in [7, 11) is 0. The third-order valence-electron chi connectivity index (χ3n) is 23.9. The van der Waals surface area contributed by atoms with Gasteiger partial charge in [0.15, 0.2) is 0 Å². The van der Waals surface area contributed by atoms with Gasteiger partial charge in [-0.15, -0.1) is 0 Å². The summed E-state index contributed by atoms with van der Waals surface area (Å²) in [5.74, 6) is 0. The topological polar surface area (TPSA) is 46.0 Å². The zero-order valence-electron chi connectivity index (χ0n) is 61.7. The summed E-state index contributed by atoms with van der Waals surface area (Å²) in [6.45, 7) is 0. The molecule has 0 aliphatic carbocycles. The van der Waals surface area contributed by atoms with Gasteiger partial charge in [0.2, 0.25) is 0 Å². The highest BCUT2D eigenvalue weighted by Crippen LogP contribution is 2.52. The molecule has 24 aromatic rings. The van der Waals surface area contributed by atoms with Crippen LogP contribution in [0, 0.1) is 0 Å². The van der Waals surface area contributed by atoms with Crippen molar-refractivity contribution >= 4 is 131 Å². The van der Waals surface area contributed by atoms with Crippen molar-refractivity contribution in [2.75, 3.05) is 0 Å². The van der Waals surface area contributed by atoms with E-state index in [0.717, 1.165) is 178 Å². The molecule has 0 aliphatic rings. The number of para-hydroxylation sites is 9. The largest absolute Gasteiger partial charge is 0.456 e. The van der Waals surface area contributed by atoms with Crippen LogP contribution >= 0.6 is 0 Å². The molecule has 0 fully saturated rings. The number of hydrogen-bond donors (Lipinski definition) is 0. The monoisotopic (exact) mass is 1450 g/mol. The first kappa shape index (κ1) is 63.7. The second kappa shape index (κ2) is 25.2. The fourth-order valence-electron chi connectivity index (χ4n) is 19.0. The Balaban J connectivity index is 0.681. The number of fused-ring (bicyclic) bond motifs is 18. The zero-order valence-corrected chi connectivity index (χ0v) is 61.7. The predicted molar refractivity (Wildman–Crippen MR) is 476 cm³/mol. The van der Waals surface area contributed by atoms with E-state index in [2.05, 4.69) is 413 Å². The van der Waals surface area contributed by atoms with Gasteiger partial charge >= 0.3 is 0 Å². The molecule has 0 atom stereocenters. The number of benzene rings is 18. The van der Waals surface area contributed by atoms with Crippen molar-refractivity contribution in [1.29, 1.82) is 0 Å². The van der Waals surface area contributed by atoms with Crippen LogP contribution in [0.1, 0.15) is 0 Å². The van der Waals surface area contributed by atoms with Gasteiger partial charge in [-0.05, 0) is 183 Å². The van der Waals surface area contributed by atoms with Crippen molar-refractivity contribution < 1.29 is 8.83 Å². The molecule has 114 heavy (non-hydrogen) atoms. The van der Waals surface area contributed by atoms with Gasteiger partial charge in [0, 0.05) is 110 Å². The Hall–Kier alpha value is -15.2. The normalized spacial score (nSPS) is 12.0. The minimum atomic E-state index is 0.837. The van der Waals surface area contributed by atoms with E-state index in [9.17, 15) is 0 Å². The van der Waals surface area contributed by atoms with Crippen LogP contribution in [-0.2, 0) is 0 Å². The molecular weight excluding hydrogens is 1390 g/mol. The Morgan fingerprint density at radius 2 is 0.465 bits per heavy atom. The van der Waals surface area contributed by atoms with Crippen LogP contribution < -0.4 is 0 Å². The van der Waals surface area contributed by atoms with E-state index in [4.69, 9.17) is 8.83 Å². The molecule has 0 radical (unpaired) electrons. The maximum atomic E-state index is 6.86. The first-order valence-electron chi connectivity index (χ1n) is 39.1. The molecule has 6 aromatic heterocycles. The van der Waals surface area contributed by atoms with E-state index in [1.54, 1.807) is 0 Å². The van der Waals surface area contributed by atoms with Crippen molar-refractivity contribution in [3.05, 3.63) is 400 Å². The number of rotatable bonds is 11. The van der Waals surface area contributed by atoms with Gasteiger partial charge < -0.3 is 27.1 Å². The molecule has 6 heterocycles. The van der Waals surface area contributed by atoms with Crippen LogP contribution in [0.5, 0.6) is 0 Å². The van der Waals surface area contributed by atoms with Crippen LogP contribution in [0.4, 0.5) is 0 Å². The lowest BCUT2D eigenvalue weighted by atomic mass is 9.90. The van der Waals surface area contributed by atoms with Gasteiger partial charge in [0.1, 0.15) is 22.3 Å². The first-order valence-corrected chi connectivity index (χ1v) is 39.1.